The molecule has 11 heteroatoms. The zero-order valence-electron chi connectivity index (χ0n) is 22.7. The molecule has 11 nitrogen and oxygen atoms in total. The highest BCUT2D eigenvalue weighted by molar-refractivity contribution is 5.97. The molecule has 0 spiro atoms. The fourth-order valence-corrected chi connectivity index (χ4v) is 4.53. The monoisotopic (exact) mass is 534 g/mol. The lowest BCUT2D eigenvalue weighted by Gasteiger charge is -2.32. The third-order valence-corrected chi connectivity index (χ3v) is 6.82. The van der Waals surface area contributed by atoms with E-state index in [0.29, 0.717) is 49.7 Å². The summed E-state index contributed by atoms with van der Waals surface area (Å²) in [5.74, 6) is 0.580. The number of ether oxygens (including phenoxy) is 1. The largest absolute Gasteiger partial charge is 0.450 e. The molecule has 4 N–H and O–H groups in total. The van der Waals surface area contributed by atoms with Gasteiger partial charge in [0.25, 0.3) is 5.91 Å². The lowest BCUT2D eigenvalue weighted by atomic mass is 10.0. The number of nitrogens with one attached hydrogen (secondary N) is 2. The van der Waals surface area contributed by atoms with E-state index in [4.69, 9.17) is 10.5 Å². The minimum Gasteiger partial charge on any atom is -0.450 e. The van der Waals surface area contributed by atoms with Crippen LogP contribution in [0.4, 0.5) is 16.3 Å². The molecule has 0 atom stereocenters. The van der Waals surface area contributed by atoms with Gasteiger partial charge in [-0.05, 0) is 62.4 Å². The van der Waals surface area contributed by atoms with Gasteiger partial charge >= 0.3 is 6.09 Å². The smallest absolute Gasteiger partial charge is 0.410 e. The molecule has 2 aliphatic rings. The van der Waals surface area contributed by atoms with Crippen LogP contribution in [0.5, 0.6) is 0 Å². The standard InChI is InChI=1S/C28H38N8O3/c1-3-39-28(38)36-14-10-21(11-15-36)24-5-4-12-30-25(24)33-27(29)32-23-8-6-22(7-9-23)26(37)31-13-16-35-19-17-34(2)18-20-35/h4-10,12H,3,11,13-20H2,1-2H3,(H,31,37)(H3,29,30,32,33). The number of hydrogen-bond acceptors (Lipinski definition) is 7. The Morgan fingerprint density at radius 3 is 2.56 bits per heavy atom. The van der Waals surface area contributed by atoms with Crippen LogP contribution in [-0.2, 0) is 4.74 Å². The fraction of sp³-hybridized carbons (Fsp3) is 0.429. The molecule has 2 amide bonds. The number of carbonyl (C=O) groups is 2. The molecule has 0 aliphatic carbocycles. The van der Waals surface area contributed by atoms with E-state index < -0.39 is 0 Å². The summed E-state index contributed by atoms with van der Waals surface area (Å²) in [6, 6.07) is 10.9. The number of hydrogen-bond donors (Lipinski definition) is 3. The first-order chi connectivity index (χ1) is 18.9. The van der Waals surface area contributed by atoms with Crippen molar-refractivity contribution in [3.05, 3.63) is 59.8 Å². The minimum atomic E-state index is -0.306. The molecule has 2 aliphatic heterocycles. The molecule has 3 heterocycles. The number of carbonyl (C=O) groups excluding carboxylic acids is 2. The number of aliphatic imine (C=N–C) groups is 1. The summed E-state index contributed by atoms with van der Waals surface area (Å²) in [6.45, 7) is 8.82. The van der Waals surface area contributed by atoms with Crippen LogP contribution < -0.4 is 16.4 Å². The highest BCUT2D eigenvalue weighted by Gasteiger charge is 2.20. The normalized spacial score (nSPS) is 16.9. The van der Waals surface area contributed by atoms with E-state index in [0.717, 1.165) is 43.9 Å². The van der Waals surface area contributed by atoms with Crippen LogP contribution in [0, 0.1) is 0 Å². The molecule has 1 saturated heterocycles. The van der Waals surface area contributed by atoms with E-state index in [1.165, 1.54) is 0 Å². The second-order valence-electron chi connectivity index (χ2n) is 9.60. The van der Waals surface area contributed by atoms with Gasteiger partial charge in [0.2, 0.25) is 0 Å². The van der Waals surface area contributed by atoms with Gasteiger partial charge in [-0.25, -0.2) is 9.78 Å². The number of benzene rings is 1. The van der Waals surface area contributed by atoms with Crippen LogP contribution in [0.3, 0.4) is 0 Å². The molecule has 208 valence electrons. The Kier molecular flexibility index (Phi) is 9.87. The number of pyridine rings is 1. The summed E-state index contributed by atoms with van der Waals surface area (Å²) in [5, 5.41) is 6.07. The van der Waals surface area contributed by atoms with Gasteiger partial charge in [-0.2, -0.15) is 4.99 Å². The van der Waals surface area contributed by atoms with Gasteiger partial charge in [0, 0.05) is 75.4 Å². The Hall–Kier alpha value is -3.96. The van der Waals surface area contributed by atoms with E-state index in [9.17, 15) is 9.59 Å². The summed E-state index contributed by atoms with van der Waals surface area (Å²) < 4.78 is 5.09. The molecule has 0 saturated carbocycles. The molecular formula is C28H38N8O3. The Labute approximate surface area is 229 Å². The van der Waals surface area contributed by atoms with Crippen molar-refractivity contribution in [2.75, 3.05) is 71.3 Å². The number of guanidine groups is 1. The van der Waals surface area contributed by atoms with Crippen molar-refractivity contribution in [1.29, 1.82) is 0 Å². The number of aromatic nitrogens is 1. The Morgan fingerprint density at radius 2 is 1.87 bits per heavy atom. The predicted molar refractivity (Wildman–Crippen MR) is 153 cm³/mol. The molecule has 1 aromatic heterocycles. The number of likely N-dealkylation sites (N-methyl/N-ethyl adjacent to an activating group) is 1. The summed E-state index contributed by atoms with van der Waals surface area (Å²) >= 11 is 0. The van der Waals surface area contributed by atoms with E-state index in [1.54, 1.807) is 42.3 Å². The van der Waals surface area contributed by atoms with E-state index in [-0.39, 0.29) is 18.0 Å². The number of anilines is 1. The highest BCUT2D eigenvalue weighted by Crippen LogP contribution is 2.29. The molecule has 2 aromatic rings. The maximum absolute atomic E-state index is 12.5. The fourth-order valence-electron chi connectivity index (χ4n) is 4.53. The summed E-state index contributed by atoms with van der Waals surface area (Å²) in [5.41, 5.74) is 9.42. The van der Waals surface area contributed by atoms with Crippen LogP contribution in [0.25, 0.3) is 5.57 Å². The van der Waals surface area contributed by atoms with Gasteiger partial charge in [0.15, 0.2) is 11.8 Å². The lowest BCUT2D eigenvalue weighted by Crippen LogP contribution is -2.46. The van der Waals surface area contributed by atoms with Crippen molar-refractivity contribution < 1.29 is 14.3 Å². The third kappa shape index (κ3) is 8.01. The zero-order chi connectivity index (χ0) is 27.6. The van der Waals surface area contributed by atoms with Crippen molar-refractivity contribution in [2.45, 2.75) is 13.3 Å². The average molecular weight is 535 g/mol. The van der Waals surface area contributed by atoms with Crippen molar-refractivity contribution in [2.24, 2.45) is 10.7 Å². The van der Waals surface area contributed by atoms with Crippen LogP contribution in [0.15, 0.2) is 53.7 Å². The first kappa shape index (κ1) is 28.1. The van der Waals surface area contributed by atoms with Crippen molar-refractivity contribution >= 4 is 35.0 Å². The molecule has 0 unspecified atom stereocenters. The van der Waals surface area contributed by atoms with E-state index in [1.807, 2.05) is 18.2 Å². The molecule has 0 bridgehead atoms. The molecular weight excluding hydrogens is 496 g/mol. The van der Waals surface area contributed by atoms with Gasteiger partial charge in [-0.15, -0.1) is 0 Å². The van der Waals surface area contributed by atoms with Crippen molar-refractivity contribution in [3.8, 4) is 0 Å². The number of rotatable bonds is 8. The SMILES string of the molecule is CCOC(=O)N1CC=C(c2cccnc2N=C(N)Nc2ccc(C(=O)NCCN3CCN(C)CC3)cc2)CC1. The number of piperazine rings is 1. The van der Waals surface area contributed by atoms with Crippen LogP contribution in [0.2, 0.25) is 0 Å². The zero-order valence-corrected chi connectivity index (χ0v) is 22.7. The lowest BCUT2D eigenvalue weighted by molar-refractivity contribution is 0.0940. The Balaban J connectivity index is 1.31. The topological polar surface area (TPSA) is 128 Å². The van der Waals surface area contributed by atoms with E-state index in [2.05, 4.69) is 37.5 Å². The van der Waals surface area contributed by atoms with Gasteiger partial charge < -0.3 is 30.9 Å². The van der Waals surface area contributed by atoms with E-state index >= 15 is 0 Å². The average Bonchev–Trinajstić information content (AvgIpc) is 2.95. The van der Waals surface area contributed by atoms with Crippen LogP contribution in [-0.4, -0.2) is 104 Å². The maximum atomic E-state index is 12.5. The summed E-state index contributed by atoms with van der Waals surface area (Å²) in [4.78, 5) is 39.8. The number of nitrogens with zero attached hydrogens (tertiary/aromatic N) is 5. The molecule has 0 radical (unpaired) electrons. The number of nitrogens with two attached hydrogens (primary N) is 1. The highest BCUT2D eigenvalue weighted by atomic mass is 16.6. The third-order valence-electron chi connectivity index (χ3n) is 6.82. The van der Waals surface area contributed by atoms with Crippen LogP contribution in [0.1, 0.15) is 29.3 Å². The first-order valence-corrected chi connectivity index (χ1v) is 13.4. The van der Waals surface area contributed by atoms with Gasteiger partial charge in [0.1, 0.15) is 0 Å². The number of amides is 2. The van der Waals surface area contributed by atoms with Gasteiger partial charge in [-0.1, -0.05) is 6.08 Å². The predicted octanol–water partition coefficient (Wildman–Crippen LogP) is 2.36. The van der Waals surface area contributed by atoms with Crippen molar-refractivity contribution in [1.82, 2.24) is 25.0 Å². The van der Waals surface area contributed by atoms with Gasteiger partial charge in [-0.3, -0.25) is 9.69 Å². The van der Waals surface area contributed by atoms with Crippen LogP contribution >= 0.6 is 0 Å². The second-order valence-corrected chi connectivity index (χ2v) is 9.60. The minimum absolute atomic E-state index is 0.0993. The Bertz CT molecular complexity index is 1190. The quantitative estimate of drug-likeness (QED) is 0.348. The van der Waals surface area contributed by atoms with Gasteiger partial charge in [0.05, 0.1) is 6.61 Å². The maximum Gasteiger partial charge on any atom is 0.410 e. The molecule has 4 rings (SSSR count). The summed E-state index contributed by atoms with van der Waals surface area (Å²) in [6.07, 6.45) is 4.02. The molecule has 1 fully saturated rings. The summed E-state index contributed by atoms with van der Waals surface area (Å²) in [7, 11) is 2.13. The second kappa shape index (κ2) is 13.7. The first-order valence-electron chi connectivity index (χ1n) is 13.4. The molecule has 1 aromatic carbocycles. The Morgan fingerprint density at radius 1 is 1.10 bits per heavy atom. The van der Waals surface area contributed by atoms with Crippen molar-refractivity contribution in [3.63, 3.8) is 0 Å². The molecule has 39 heavy (non-hydrogen) atoms.